The van der Waals surface area contributed by atoms with Gasteiger partial charge in [0.25, 0.3) is 0 Å². The Morgan fingerprint density at radius 2 is 1.48 bits per heavy atom. The summed E-state index contributed by atoms with van der Waals surface area (Å²) >= 11 is 0. The Morgan fingerprint density at radius 1 is 0.889 bits per heavy atom. The van der Waals surface area contributed by atoms with Crippen molar-refractivity contribution >= 4 is 31.2 Å². The summed E-state index contributed by atoms with van der Waals surface area (Å²) in [4.78, 5) is 11.0. The highest BCUT2D eigenvalue weighted by atomic mass is 28.5. The van der Waals surface area contributed by atoms with E-state index in [4.69, 9.17) is 17.7 Å². The second-order valence-corrected chi connectivity index (χ2v) is 21.0. The molecule has 0 rings (SSSR count). The maximum absolute atomic E-state index is 11.0. The molecule has 0 radical (unpaired) electrons. The molecule has 0 aromatic rings. The molecule has 8 heteroatoms. The van der Waals surface area contributed by atoms with Crippen molar-refractivity contribution in [3.8, 4) is 0 Å². The first kappa shape index (κ1) is 26.7. The van der Waals surface area contributed by atoms with E-state index < -0.39 is 31.2 Å². The Kier molecular flexibility index (Phi) is 12.9. The molecule has 0 N–H and O–H groups in total. The van der Waals surface area contributed by atoms with Crippen LogP contribution in [0.2, 0.25) is 50.9 Å². The van der Waals surface area contributed by atoms with Crippen molar-refractivity contribution in [2.24, 2.45) is 0 Å². The van der Waals surface area contributed by atoms with Crippen molar-refractivity contribution in [1.82, 2.24) is 0 Å². The monoisotopic (exact) mass is 434 g/mol. The minimum Gasteiger partial charge on any atom is -0.460 e. The molecular weight excluding hydrogens is 392 g/mol. The van der Waals surface area contributed by atoms with Crippen molar-refractivity contribution in [3.63, 3.8) is 0 Å². The highest BCUT2D eigenvalue weighted by Gasteiger charge is 2.42. The molecule has 0 spiro atoms. The van der Waals surface area contributed by atoms with E-state index in [2.05, 4.69) is 53.2 Å². The van der Waals surface area contributed by atoms with Crippen LogP contribution in [0, 0.1) is 0 Å². The van der Waals surface area contributed by atoms with E-state index in [0.717, 1.165) is 25.3 Å². The zero-order valence-corrected chi connectivity index (χ0v) is 21.7. The average Bonchev–Trinajstić information content (AvgIpc) is 2.51. The Morgan fingerprint density at radius 3 is 1.96 bits per heavy atom. The summed E-state index contributed by atoms with van der Waals surface area (Å²) in [6.07, 6.45) is 4.46. The fourth-order valence-corrected chi connectivity index (χ4v) is 18.8. The first-order valence-corrected chi connectivity index (χ1v) is 19.0. The highest BCUT2D eigenvalue weighted by Crippen LogP contribution is 2.32. The minimum absolute atomic E-state index is 0.276. The van der Waals surface area contributed by atoms with E-state index in [1.165, 1.54) is 18.2 Å². The number of carbonyl (C=O) groups is 1. The molecule has 27 heavy (non-hydrogen) atoms. The molecule has 0 aromatic heterocycles. The number of ether oxygens (including phenoxy) is 2. The van der Waals surface area contributed by atoms with Gasteiger partial charge in [-0.05, 0) is 57.3 Å². The van der Waals surface area contributed by atoms with Crippen LogP contribution in [0.5, 0.6) is 0 Å². The summed E-state index contributed by atoms with van der Waals surface area (Å²) in [6, 6.07) is 3.47. The van der Waals surface area contributed by atoms with Crippen LogP contribution in [-0.4, -0.2) is 51.0 Å². The molecule has 0 saturated heterocycles. The topological polar surface area (TPSA) is 54.0 Å². The molecule has 0 aromatic carbocycles. The molecule has 0 amide bonds. The number of carbonyl (C=O) groups excluding carboxylic acids is 1. The summed E-state index contributed by atoms with van der Waals surface area (Å²) < 4.78 is 23.9. The maximum atomic E-state index is 11.0. The van der Waals surface area contributed by atoms with Crippen molar-refractivity contribution < 1.29 is 22.5 Å². The fraction of sp³-hybridized carbons (Fsp3) is 0.842. The van der Waals surface area contributed by atoms with E-state index in [1.807, 2.05) is 0 Å². The SMILES string of the molecule is C=CC(=O)OCCOCCC[Si](CCC)(CCC)O[Si](C)(C)O[Si](C)(C)C. The third kappa shape index (κ3) is 13.5. The molecule has 0 fully saturated rings. The van der Waals surface area contributed by atoms with Gasteiger partial charge in [0.15, 0.2) is 16.6 Å². The van der Waals surface area contributed by atoms with Crippen molar-refractivity contribution in [1.29, 1.82) is 0 Å². The van der Waals surface area contributed by atoms with Gasteiger partial charge in [-0.1, -0.05) is 33.3 Å². The average molecular weight is 435 g/mol. The lowest BCUT2D eigenvalue weighted by molar-refractivity contribution is -0.139. The van der Waals surface area contributed by atoms with Crippen LogP contribution >= 0.6 is 0 Å². The number of hydrogen-bond acceptors (Lipinski definition) is 5. The summed E-state index contributed by atoms with van der Waals surface area (Å²) in [5, 5.41) is 0. The highest BCUT2D eigenvalue weighted by molar-refractivity contribution is 6.88. The van der Waals surface area contributed by atoms with Crippen molar-refractivity contribution in [3.05, 3.63) is 12.7 Å². The predicted octanol–water partition coefficient (Wildman–Crippen LogP) is 5.46. The Labute approximate surface area is 170 Å². The van der Waals surface area contributed by atoms with Gasteiger partial charge in [0.1, 0.15) is 6.61 Å². The number of esters is 1. The summed E-state index contributed by atoms with van der Waals surface area (Å²) in [5.41, 5.74) is 0. The van der Waals surface area contributed by atoms with Crippen molar-refractivity contribution in [2.75, 3.05) is 19.8 Å². The van der Waals surface area contributed by atoms with E-state index in [-0.39, 0.29) is 6.61 Å². The van der Waals surface area contributed by atoms with Gasteiger partial charge in [-0.2, -0.15) is 0 Å². The van der Waals surface area contributed by atoms with Crippen LogP contribution in [-0.2, 0) is 22.5 Å². The third-order valence-electron chi connectivity index (χ3n) is 3.99. The second-order valence-electron chi connectivity index (χ2n) is 8.49. The molecule has 0 aliphatic heterocycles. The van der Waals surface area contributed by atoms with Crippen LogP contribution in [0.15, 0.2) is 12.7 Å². The van der Waals surface area contributed by atoms with E-state index in [9.17, 15) is 4.79 Å². The quantitative estimate of drug-likeness (QED) is 0.140. The summed E-state index contributed by atoms with van der Waals surface area (Å²) in [6.45, 7) is 20.4. The molecule has 0 aliphatic rings. The Bertz CT molecular complexity index is 430. The fourth-order valence-electron chi connectivity index (χ4n) is 3.58. The Balaban J connectivity index is 4.65. The third-order valence-corrected chi connectivity index (χ3v) is 16.2. The molecule has 0 aliphatic carbocycles. The molecular formula is C19H42O5Si3. The molecule has 0 atom stereocenters. The first-order chi connectivity index (χ1) is 12.5. The van der Waals surface area contributed by atoms with Gasteiger partial charge in [-0.15, -0.1) is 0 Å². The molecule has 0 saturated carbocycles. The minimum atomic E-state index is -2.13. The van der Waals surface area contributed by atoms with Gasteiger partial charge in [-0.3, -0.25) is 0 Å². The first-order valence-electron chi connectivity index (χ1n) is 10.3. The van der Waals surface area contributed by atoms with E-state index in [0.29, 0.717) is 13.2 Å². The predicted molar refractivity (Wildman–Crippen MR) is 120 cm³/mol. The van der Waals surface area contributed by atoms with Gasteiger partial charge in [-0.25, -0.2) is 4.79 Å². The zero-order valence-electron chi connectivity index (χ0n) is 18.7. The lowest BCUT2D eigenvalue weighted by Crippen LogP contribution is -2.53. The molecule has 0 heterocycles. The largest absolute Gasteiger partial charge is 0.460 e. The van der Waals surface area contributed by atoms with Gasteiger partial charge in [0, 0.05) is 12.7 Å². The van der Waals surface area contributed by atoms with E-state index in [1.54, 1.807) is 0 Å². The van der Waals surface area contributed by atoms with Gasteiger partial charge in [0.05, 0.1) is 6.61 Å². The summed E-state index contributed by atoms with van der Waals surface area (Å²) in [5.74, 6) is -0.404. The zero-order chi connectivity index (χ0) is 21.0. The smallest absolute Gasteiger partial charge is 0.330 e. The standard InChI is InChI=1S/C19H42O5Si3/c1-9-16-27(17-10-2,24-26(7,8)23-25(4,5)6)18-12-13-21-14-15-22-19(20)11-3/h11H,3,9-10,12-18H2,1-2,4-8H3. The lowest BCUT2D eigenvalue weighted by Gasteiger charge is -2.41. The van der Waals surface area contributed by atoms with Gasteiger partial charge in [0.2, 0.25) is 0 Å². The normalized spacial score (nSPS) is 12.9. The molecule has 0 bridgehead atoms. The molecule has 5 nitrogen and oxygen atoms in total. The number of hydrogen-bond donors (Lipinski definition) is 0. The van der Waals surface area contributed by atoms with Gasteiger partial charge >= 0.3 is 14.5 Å². The second kappa shape index (κ2) is 13.1. The summed E-state index contributed by atoms with van der Waals surface area (Å²) in [7, 11) is -5.59. The van der Waals surface area contributed by atoms with Crippen LogP contribution in [0.25, 0.3) is 0 Å². The van der Waals surface area contributed by atoms with E-state index >= 15 is 0 Å². The Hall–Kier alpha value is -0.259. The molecule has 0 unspecified atom stereocenters. The van der Waals surface area contributed by atoms with Crippen LogP contribution in [0.4, 0.5) is 0 Å². The van der Waals surface area contributed by atoms with Crippen LogP contribution in [0.1, 0.15) is 33.1 Å². The van der Waals surface area contributed by atoms with Crippen LogP contribution in [0.3, 0.4) is 0 Å². The lowest BCUT2D eigenvalue weighted by atomic mass is 10.5. The van der Waals surface area contributed by atoms with Crippen LogP contribution < -0.4 is 0 Å². The van der Waals surface area contributed by atoms with Crippen molar-refractivity contribution in [2.45, 2.75) is 84.0 Å². The van der Waals surface area contributed by atoms with Gasteiger partial charge < -0.3 is 17.7 Å². The number of rotatable bonds is 16. The molecule has 160 valence electrons. The maximum Gasteiger partial charge on any atom is 0.330 e.